The molecule has 2 heterocycles. The van der Waals surface area contributed by atoms with Gasteiger partial charge in [-0.25, -0.2) is 0 Å². The molecule has 6 aromatic rings. The van der Waals surface area contributed by atoms with E-state index in [4.69, 9.17) is 6.85 Å². The van der Waals surface area contributed by atoms with Crippen LogP contribution in [0.5, 0.6) is 5.75 Å². The Bertz CT molecular complexity index is 2000. The zero-order valence-electron chi connectivity index (χ0n) is 27.7. The maximum absolute atomic E-state index is 9.61. The number of rotatable bonds is 3. The minimum absolute atomic E-state index is 0. The first-order valence-corrected chi connectivity index (χ1v) is 12.7. The van der Waals surface area contributed by atoms with E-state index in [1.54, 1.807) is 24.5 Å². The summed E-state index contributed by atoms with van der Waals surface area (Å²) in [7, 11) is 0. The van der Waals surface area contributed by atoms with E-state index in [9.17, 15) is 5.11 Å². The van der Waals surface area contributed by atoms with Gasteiger partial charge in [-0.1, -0.05) is 68.3 Å². The second-order valence-corrected chi connectivity index (χ2v) is 9.48. The Hall–Kier alpha value is -4.11. The van der Waals surface area contributed by atoms with Crippen molar-refractivity contribution in [1.82, 2.24) is 9.97 Å². The van der Waals surface area contributed by atoms with Crippen LogP contribution in [-0.2, 0) is 20.1 Å². The smallest absolute Gasteiger partial charge is 0.124 e. The van der Waals surface area contributed by atoms with Crippen molar-refractivity contribution in [3.05, 3.63) is 138 Å². The van der Waals surface area contributed by atoms with E-state index in [-0.39, 0.29) is 61.6 Å². The van der Waals surface area contributed by atoms with E-state index in [1.807, 2.05) is 76.2 Å². The molecule has 0 unspecified atom stereocenters. The number of para-hydroxylation sites is 1. The summed E-state index contributed by atoms with van der Waals surface area (Å²) in [5.41, 5.74) is 8.31. The van der Waals surface area contributed by atoms with Crippen LogP contribution in [0.4, 0.5) is 0 Å². The molecule has 0 amide bonds. The number of aromatic nitrogens is 2. The topological polar surface area (TPSA) is 46.0 Å². The predicted octanol–water partition coefficient (Wildman–Crippen LogP) is 9.05. The number of aromatic hydroxyl groups is 1. The fourth-order valence-electron chi connectivity index (χ4n) is 4.67. The van der Waals surface area contributed by atoms with Crippen LogP contribution in [0.2, 0.25) is 0 Å². The van der Waals surface area contributed by atoms with E-state index < -0.39 is 0 Å². The van der Waals surface area contributed by atoms with Crippen molar-refractivity contribution in [2.24, 2.45) is 0 Å². The van der Waals surface area contributed by atoms with Crippen LogP contribution in [-0.4, -0.2) is 15.1 Å². The first-order valence-electron chi connectivity index (χ1n) is 15.2. The molecule has 6 rings (SSSR count). The molecule has 0 saturated carbocycles. The number of hydrogen-bond acceptors (Lipinski definition) is 3. The van der Waals surface area contributed by atoms with E-state index >= 15 is 0 Å². The number of benzene rings is 4. The Kier molecular flexibility index (Phi) is 7.27. The standard InChI is InChI=1S/C24H20N.C12H11NO.Ir/c1-16-13-17(2)15-20(14-16)24-23-10-9-21(19-7-5-4-6-8-19)18(3)22(23)11-12-25-24;1-9-6-7-13-11(8-9)10-4-2-3-5-12(10)14;/h4-14H,1-3H3;2-8,14H,1H3;/q-1;;/i4D,5D,6D,7D,8D;;. The number of phenolic OH excluding ortho intramolecular Hbond substituents is 1. The van der Waals surface area contributed by atoms with E-state index in [0.29, 0.717) is 5.56 Å². The van der Waals surface area contributed by atoms with Gasteiger partial charge >= 0.3 is 0 Å². The Labute approximate surface area is 257 Å². The number of hydrogen-bond donors (Lipinski definition) is 1. The molecule has 0 atom stereocenters. The first kappa shape index (κ1) is 22.7. The van der Waals surface area contributed by atoms with Crippen molar-refractivity contribution in [2.75, 3.05) is 0 Å². The molecule has 0 fully saturated rings. The molecular weight excluding hydrogens is 669 g/mol. The fourth-order valence-corrected chi connectivity index (χ4v) is 4.67. The van der Waals surface area contributed by atoms with Crippen molar-refractivity contribution in [2.45, 2.75) is 27.7 Å². The maximum Gasteiger partial charge on any atom is 0.124 e. The van der Waals surface area contributed by atoms with Crippen molar-refractivity contribution < 1.29 is 32.1 Å². The van der Waals surface area contributed by atoms with E-state index in [2.05, 4.69) is 22.1 Å². The van der Waals surface area contributed by atoms with Gasteiger partial charge in [-0.3, -0.25) is 4.98 Å². The van der Waals surface area contributed by atoms with Crippen molar-refractivity contribution >= 4 is 10.8 Å². The van der Waals surface area contributed by atoms with E-state index in [1.165, 1.54) is 0 Å². The summed E-state index contributed by atoms with van der Waals surface area (Å²) < 4.78 is 40.4. The first-order chi connectivity index (χ1) is 21.0. The third kappa shape index (κ3) is 6.37. The van der Waals surface area contributed by atoms with Crippen LogP contribution >= 0.6 is 0 Å². The van der Waals surface area contributed by atoms with Gasteiger partial charge in [0, 0.05) is 38.1 Å². The minimum atomic E-state index is -0.385. The molecule has 0 bridgehead atoms. The third-order valence-corrected chi connectivity index (χ3v) is 6.48. The molecule has 0 aliphatic carbocycles. The number of aryl methyl sites for hydroxylation is 4. The average molecular weight is 705 g/mol. The molecule has 1 N–H and O–H groups in total. The summed E-state index contributed by atoms with van der Waals surface area (Å²) in [6, 6.07) is 22.8. The van der Waals surface area contributed by atoms with Gasteiger partial charge < -0.3 is 10.1 Å². The SMILES string of the molecule is Cc1ccnc(-c2ccccc2O)c1.[2H]c1c([2H])c([2H])c(-c2ccc3c(-c4[c-]c(C)cc(C)c4)nccc3c2C)c([2H])c1[2H].[Ir]. The fraction of sp³-hybridized carbons (Fsp3) is 0.111. The second-order valence-electron chi connectivity index (χ2n) is 9.48. The summed E-state index contributed by atoms with van der Waals surface area (Å²) in [4.78, 5) is 8.80. The Morgan fingerprint density at radius 1 is 0.725 bits per heavy atom. The monoisotopic (exact) mass is 705 g/mol. The molecule has 201 valence electrons. The molecule has 40 heavy (non-hydrogen) atoms. The zero-order chi connectivity index (χ0) is 31.7. The predicted molar refractivity (Wildman–Crippen MR) is 162 cm³/mol. The van der Waals surface area contributed by atoms with Crippen LogP contribution in [0.3, 0.4) is 0 Å². The largest absolute Gasteiger partial charge is 0.507 e. The molecule has 2 aromatic heterocycles. The van der Waals surface area contributed by atoms with Gasteiger partial charge in [0.1, 0.15) is 5.75 Å². The normalized spacial score (nSPS) is 12.2. The van der Waals surface area contributed by atoms with Gasteiger partial charge in [0.15, 0.2) is 0 Å². The zero-order valence-corrected chi connectivity index (χ0v) is 25.1. The number of nitrogens with zero attached hydrogens (tertiary/aromatic N) is 2. The molecule has 1 radical (unpaired) electrons. The molecular formula is C36H31IrN2O-. The Morgan fingerprint density at radius 3 is 2.20 bits per heavy atom. The molecule has 0 aliphatic rings. The molecule has 0 saturated heterocycles. The van der Waals surface area contributed by atoms with Crippen LogP contribution in [0.1, 0.15) is 29.1 Å². The summed E-state index contributed by atoms with van der Waals surface area (Å²) in [6.45, 7) is 7.96. The number of phenols is 1. The average Bonchev–Trinajstić information content (AvgIpc) is 3.00. The summed E-state index contributed by atoms with van der Waals surface area (Å²) in [6.07, 6.45) is 3.49. The summed E-state index contributed by atoms with van der Waals surface area (Å²) in [5, 5.41) is 11.5. The van der Waals surface area contributed by atoms with E-state index in [0.717, 1.165) is 55.5 Å². The summed E-state index contributed by atoms with van der Waals surface area (Å²) >= 11 is 0. The van der Waals surface area contributed by atoms with Gasteiger partial charge in [-0.2, -0.15) is 0 Å². The van der Waals surface area contributed by atoms with Gasteiger partial charge in [-0.15, -0.1) is 34.9 Å². The summed E-state index contributed by atoms with van der Waals surface area (Å²) in [5.74, 6) is 0.269. The van der Waals surface area contributed by atoms with Crippen molar-refractivity contribution in [3.63, 3.8) is 0 Å². The molecule has 4 aromatic carbocycles. The minimum Gasteiger partial charge on any atom is -0.507 e. The van der Waals surface area contributed by atoms with Crippen LogP contribution in [0.25, 0.3) is 44.4 Å². The number of fused-ring (bicyclic) bond motifs is 1. The second kappa shape index (κ2) is 12.8. The van der Waals surface area contributed by atoms with Gasteiger partial charge in [0.2, 0.25) is 0 Å². The molecule has 3 nitrogen and oxygen atoms in total. The third-order valence-electron chi connectivity index (χ3n) is 6.48. The number of pyridine rings is 2. The van der Waals surface area contributed by atoms with Gasteiger partial charge in [0.05, 0.1) is 12.5 Å². The van der Waals surface area contributed by atoms with Crippen LogP contribution < -0.4 is 0 Å². The molecule has 0 spiro atoms. The Balaban J connectivity index is 0.000000258. The quantitative estimate of drug-likeness (QED) is 0.187. The van der Waals surface area contributed by atoms with Crippen LogP contribution in [0.15, 0.2) is 109 Å². The van der Waals surface area contributed by atoms with Crippen molar-refractivity contribution in [3.8, 4) is 39.4 Å². The maximum atomic E-state index is 9.61. The van der Waals surface area contributed by atoms with Crippen LogP contribution in [0, 0.1) is 33.8 Å². The molecule has 0 aliphatic heterocycles. The van der Waals surface area contributed by atoms with Crippen molar-refractivity contribution in [1.29, 1.82) is 0 Å². The van der Waals surface area contributed by atoms with Gasteiger partial charge in [-0.05, 0) is 82.9 Å². The molecule has 4 heteroatoms. The Morgan fingerprint density at radius 2 is 1.48 bits per heavy atom. The van der Waals surface area contributed by atoms with Gasteiger partial charge in [0.25, 0.3) is 0 Å².